The number of hydrogen-bond acceptors (Lipinski definition) is 2. The van der Waals surface area contributed by atoms with Crippen molar-refractivity contribution in [3.8, 4) is 0 Å². The number of nitrogens with two attached hydrogens (primary N) is 1. The van der Waals surface area contributed by atoms with Gasteiger partial charge in [0.25, 0.3) is 0 Å². The minimum atomic E-state index is 0.0486. The minimum Gasteiger partial charge on any atom is -0.397 e. The number of carbonyl (C=O) groups excluding carboxylic acids is 1. The third-order valence-electron chi connectivity index (χ3n) is 2.44. The van der Waals surface area contributed by atoms with Gasteiger partial charge in [-0.15, -0.1) is 0 Å². The monoisotopic (exact) mass is 441 g/mol. The average molecular weight is 441 g/mol. The molecule has 1 rings (SSSR count). The van der Waals surface area contributed by atoms with Crippen LogP contribution in [0.15, 0.2) is 6.58 Å². The molecule has 16 heavy (non-hydrogen) atoms. The van der Waals surface area contributed by atoms with Crippen LogP contribution in [0.25, 0.3) is 5.57 Å². The molecule has 0 aliphatic carbocycles. The highest BCUT2D eigenvalue weighted by molar-refractivity contribution is 14.1. The number of benzene rings is 1. The lowest BCUT2D eigenvalue weighted by molar-refractivity contribution is 0.101. The standard InChI is InChI=1S/C12H13I2NO/c1-5(2)8-6(3)9(7(4)16)11(14)12(15)10(8)13/h1,15H2,2-4H3. The smallest absolute Gasteiger partial charge is 0.161 e. The highest BCUT2D eigenvalue weighted by Gasteiger charge is 2.19. The second kappa shape index (κ2) is 5.03. The second-order valence-corrected chi connectivity index (χ2v) is 5.91. The molecule has 0 aliphatic heterocycles. The van der Waals surface area contributed by atoms with Gasteiger partial charge in [-0.25, -0.2) is 0 Å². The molecule has 0 amide bonds. The van der Waals surface area contributed by atoms with Crippen LogP contribution in [-0.4, -0.2) is 5.78 Å². The Kier molecular flexibility index (Phi) is 4.39. The van der Waals surface area contributed by atoms with Crippen molar-refractivity contribution < 1.29 is 4.79 Å². The van der Waals surface area contributed by atoms with E-state index in [9.17, 15) is 4.79 Å². The van der Waals surface area contributed by atoms with Crippen molar-refractivity contribution in [3.05, 3.63) is 30.4 Å². The number of allylic oxidation sites excluding steroid dienone is 1. The summed E-state index contributed by atoms with van der Waals surface area (Å²) in [6.45, 7) is 9.39. The molecule has 1 aromatic rings. The van der Waals surface area contributed by atoms with Crippen LogP contribution in [0.1, 0.15) is 35.3 Å². The minimum absolute atomic E-state index is 0.0486. The lowest BCUT2D eigenvalue weighted by atomic mass is 9.95. The van der Waals surface area contributed by atoms with Crippen LogP contribution >= 0.6 is 45.2 Å². The van der Waals surface area contributed by atoms with Gasteiger partial charge in [-0.05, 0) is 82.7 Å². The summed E-state index contributed by atoms with van der Waals surface area (Å²) >= 11 is 4.34. The lowest BCUT2D eigenvalue weighted by Gasteiger charge is -2.16. The first-order valence-corrected chi connectivity index (χ1v) is 6.88. The first kappa shape index (κ1) is 14.0. The van der Waals surface area contributed by atoms with Gasteiger partial charge in [0, 0.05) is 12.7 Å². The number of halogens is 2. The van der Waals surface area contributed by atoms with Gasteiger partial charge < -0.3 is 5.73 Å². The summed E-state index contributed by atoms with van der Waals surface area (Å²) in [6, 6.07) is 0. The molecule has 0 aliphatic rings. The number of hydrogen-bond donors (Lipinski definition) is 1. The van der Waals surface area contributed by atoms with Gasteiger partial charge in [0.1, 0.15) is 0 Å². The quantitative estimate of drug-likeness (QED) is 0.428. The third-order valence-corrected chi connectivity index (χ3v) is 4.68. The molecule has 2 N–H and O–H groups in total. The van der Waals surface area contributed by atoms with E-state index < -0.39 is 0 Å². The van der Waals surface area contributed by atoms with E-state index in [-0.39, 0.29) is 5.78 Å². The zero-order chi connectivity index (χ0) is 12.6. The molecule has 86 valence electrons. The van der Waals surface area contributed by atoms with Crippen LogP contribution in [0.3, 0.4) is 0 Å². The van der Waals surface area contributed by atoms with Crippen molar-refractivity contribution in [2.45, 2.75) is 20.8 Å². The number of anilines is 1. The number of carbonyl (C=O) groups is 1. The molecule has 0 saturated heterocycles. The molecule has 0 unspecified atom stereocenters. The summed E-state index contributed by atoms with van der Waals surface area (Å²) in [5, 5.41) is 0. The van der Waals surface area contributed by atoms with E-state index >= 15 is 0 Å². The summed E-state index contributed by atoms with van der Waals surface area (Å²) in [5.74, 6) is 0.0486. The number of ketones is 1. The first-order valence-electron chi connectivity index (χ1n) is 4.72. The number of nitrogen functional groups attached to an aromatic ring is 1. The molecule has 1 aromatic carbocycles. The van der Waals surface area contributed by atoms with Gasteiger partial charge in [0.2, 0.25) is 0 Å². The molecule has 0 spiro atoms. The summed E-state index contributed by atoms with van der Waals surface area (Å²) in [6.07, 6.45) is 0. The van der Waals surface area contributed by atoms with Crippen molar-refractivity contribution in [2.75, 3.05) is 5.73 Å². The summed E-state index contributed by atoms with van der Waals surface area (Å²) in [4.78, 5) is 11.6. The van der Waals surface area contributed by atoms with Crippen molar-refractivity contribution in [2.24, 2.45) is 0 Å². The molecule has 0 atom stereocenters. The molecule has 0 aromatic heterocycles. The maximum Gasteiger partial charge on any atom is 0.161 e. The fourth-order valence-electron chi connectivity index (χ4n) is 1.75. The van der Waals surface area contributed by atoms with Gasteiger partial charge in [-0.2, -0.15) is 0 Å². The van der Waals surface area contributed by atoms with E-state index in [0.717, 1.165) is 29.4 Å². The van der Waals surface area contributed by atoms with Gasteiger partial charge in [-0.3, -0.25) is 4.79 Å². The first-order chi connectivity index (χ1) is 7.29. The van der Waals surface area contributed by atoms with Gasteiger partial charge in [-0.1, -0.05) is 6.58 Å². The Bertz CT molecular complexity index is 451. The molecule has 0 radical (unpaired) electrons. The largest absolute Gasteiger partial charge is 0.397 e. The van der Waals surface area contributed by atoms with Gasteiger partial charge in [0.15, 0.2) is 5.78 Å². The molecule has 0 fully saturated rings. The Morgan fingerprint density at radius 1 is 1.19 bits per heavy atom. The lowest BCUT2D eigenvalue weighted by Crippen LogP contribution is -2.09. The van der Waals surface area contributed by atoms with Crippen molar-refractivity contribution >= 4 is 62.2 Å². The maximum absolute atomic E-state index is 11.6. The maximum atomic E-state index is 11.6. The van der Waals surface area contributed by atoms with Gasteiger partial charge in [0.05, 0.1) is 5.69 Å². The normalized spacial score (nSPS) is 10.3. The summed E-state index contributed by atoms with van der Waals surface area (Å²) < 4.78 is 1.83. The average Bonchev–Trinajstić information content (AvgIpc) is 2.13. The predicted octanol–water partition coefficient (Wildman–Crippen LogP) is 4.02. The highest BCUT2D eigenvalue weighted by Crippen LogP contribution is 2.35. The Balaban J connectivity index is 3.80. The van der Waals surface area contributed by atoms with Crippen LogP contribution in [0.4, 0.5) is 5.69 Å². The fraction of sp³-hybridized carbons (Fsp3) is 0.250. The van der Waals surface area contributed by atoms with E-state index in [0.29, 0.717) is 5.69 Å². The van der Waals surface area contributed by atoms with Crippen LogP contribution in [0.5, 0.6) is 0 Å². The van der Waals surface area contributed by atoms with Crippen LogP contribution in [0.2, 0.25) is 0 Å². The highest BCUT2D eigenvalue weighted by atomic mass is 127. The molecular weight excluding hydrogens is 428 g/mol. The molecule has 0 saturated carbocycles. The number of rotatable bonds is 2. The fourth-order valence-corrected chi connectivity index (χ4v) is 4.45. The van der Waals surface area contributed by atoms with E-state index in [1.807, 2.05) is 13.8 Å². The summed E-state index contributed by atoms with van der Waals surface area (Å²) in [7, 11) is 0. The molecule has 0 bridgehead atoms. The Morgan fingerprint density at radius 2 is 1.62 bits per heavy atom. The van der Waals surface area contributed by atoms with E-state index in [1.165, 1.54) is 0 Å². The van der Waals surface area contributed by atoms with Crippen LogP contribution < -0.4 is 5.73 Å². The molecular formula is C12H13I2NO. The zero-order valence-corrected chi connectivity index (χ0v) is 13.8. The second-order valence-electron chi connectivity index (χ2n) is 3.75. The van der Waals surface area contributed by atoms with Crippen molar-refractivity contribution in [1.29, 1.82) is 0 Å². The van der Waals surface area contributed by atoms with E-state index in [1.54, 1.807) is 6.92 Å². The van der Waals surface area contributed by atoms with E-state index in [4.69, 9.17) is 5.73 Å². The number of Topliss-reactive ketones (excluding diaryl/α,β-unsaturated/α-hetero) is 1. The third kappa shape index (κ3) is 2.27. The SMILES string of the molecule is C=C(C)c1c(C)c(C(C)=O)c(I)c(N)c1I. The van der Waals surface area contributed by atoms with E-state index in [2.05, 4.69) is 51.8 Å². The van der Waals surface area contributed by atoms with Gasteiger partial charge >= 0.3 is 0 Å². The Morgan fingerprint density at radius 3 is 2.00 bits per heavy atom. The molecule has 0 heterocycles. The topological polar surface area (TPSA) is 43.1 Å². The molecule has 2 nitrogen and oxygen atoms in total. The predicted molar refractivity (Wildman–Crippen MR) is 85.7 cm³/mol. The Labute approximate surface area is 123 Å². The van der Waals surface area contributed by atoms with Crippen LogP contribution in [0, 0.1) is 14.1 Å². The molecule has 4 heteroatoms. The van der Waals surface area contributed by atoms with Crippen molar-refractivity contribution in [3.63, 3.8) is 0 Å². The van der Waals surface area contributed by atoms with Crippen molar-refractivity contribution in [1.82, 2.24) is 0 Å². The summed E-state index contributed by atoms with van der Waals surface area (Å²) in [5.41, 5.74) is 10.3. The van der Waals surface area contributed by atoms with Crippen LogP contribution in [-0.2, 0) is 0 Å². The Hall–Kier alpha value is -0.110. The zero-order valence-electron chi connectivity index (χ0n) is 9.45.